The fraction of sp³-hybridized carbons (Fsp3) is 0.257. The van der Waals surface area contributed by atoms with Gasteiger partial charge in [-0.1, -0.05) is 77.3 Å². The van der Waals surface area contributed by atoms with Gasteiger partial charge in [-0.2, -0.15) is 0 Å². The molecule has 1 aliphatic carbocycles. The van der Waals surface area contributed by atoms with E-state index < -0.39 is 28.5 Å². The predicted octanol–water partition coefficient (Wildman–Crippen LogP) is 6.91. The first-order valence-electron chi connectivity index (χ1n) is 15.0. The average Bonchev–Trinajstić information content (AvgIpc) is 3.57. The van der Waals surface area contributed by atoms with Crippen molar-refractivity contribution in [2.45, 2.75) is 56.1 Å². The predicted molar refractivity (Wildman–Crippen MR) is 178 cm³/mol. The third kappa shape index (κ3) is 8.32. The van der Waals surface area contributed by atoms with E-state index in [4.69, 9.17) is 4.74 Å². The summed E-state index contributed by atoms with van der Waals surface area (Å²) < 4.78 is 35.9. The summed E-state index contributed by atoms with van der Waals surface area (Å²) >= 11 is 3.44. The zero-order valence-corrected chi connectivity index (χ0v) is 27.4. The van der Waals surface area contributed by atoms with Gasteiger partial charge in [-0.3, -0.25) is 13.9 Å². The highest BCUT2D eigenvalue weighted by molar-refractivity contribution is 9.10. The molecule has 10 heteroatoms. The van der Waals surface area contributed by atoms with Crippen molar-refractivity contribution in [2.24, 2.45) is 0 Å². The molecule has 0 aromatic heterocycles. The van der Waals surface area contributed by atoms with Crippen molar-refractivity contribution in [3.05, 3.63) is 119 Å². The van der Waals surface area contributed by atoms with E-state index in [0.717, 1.165) is 40.0 Å². The van der Waals surface area contributed by atoms with Crippen LogP contribution < -0.4 is 14.4 Å². The molecule has 1 saturated carbocycles. The number of para-hydroxylation sites is 1. The fourth-order valence-electron chi connectivity index (χ4n) is 5.31. The van der Waals surface area contributed by atoms with Crippen LogP contribution in [0.5, 0.6) is 11.5 Å². The van der Waals surface area contributed by atoms with Crippen molar-refractivity contribution in [3.63, 3.8) is 0 Å². The summed E-state index contributed by atoms with van der Waals surface area (Å²) in [5.74, 6) is 0.397. The summed E-state index contributed by atoms with van der Waals surface area (Å²) in [6.45, 7) is 1.31. The number of nitrogens with zero attached hydrogens (tertiary/aromatic N) is 2. The summed E-state index contributed by atoms with van der Waals surface area (Å²) in [7, 11) is -4.16. The van der Waals surface area contributed by atoms with Crippen molar-refractivity contribution in [1.82, 2.24) is 10.2 Å². The number of halogens is 1. The minimum absolute atomic E-state index is 0.0499. The Morgan fingerprint density at radius 1 is 0.844 bits per heavy atom. The Labute approximate surface area is 273 Å². The number of rotatable bonds is 12. The largest absolute Gasteiger partial charge is 0.457 e. The summed E-state index contributed by atoms with van der Waals surface area (Å²) in [5, 5.41) is 3.09. The molecular formula is C35H36BrN3O5S. The first-order valence-corrected chi connectivity index (χ1v) is 17.2. The molecule has 0 bridgehead atoms. The van der Waals surface area contributed by atoms with Gasteiger partial charge in [-0.05, 0) is 86.0 Å². The van der Waals surface area contributed by atoms with Gasteiger partial charge in [-0.25, -0.2) is 8.42 Å². The van der Waals surface area contributed by atoms with Gasteiger partial charge in [0.25, 0.3) is 10.0 Å². The first kappa shape index (κ1) is 32.2. The molecule has 1 atom stereocenters. The molecule has 0 unspecified atom stereocenters. The van der Waals surface area contributed by atoms with E-state index in [1.165, 1.54) is 17.0 Å². The lowest BCUT2D eigenvalue weighted by Gasteiger charge is -2.32. The molecule has 2 amide bonds. The highest BCUT2D eigenvalue weighted by atomic mass is 79.9. The molecule has 0 radical (unpaired) electrons. The van der Waals surface area contributed by atoms with Crippen molar-refractivity contribution in [3.8, 4) is 11.5 Å². The average molecular weight is 691 g/mol. The van der Waals surface area contributed by atoms with Crippen LogP contribution in [0, 0.1) is 0 Å². The quantitative estimate of drug-likeness (QED) is 0.174. The molecule has 0 aliphatic heterocycles. The Kier molecular flexibility index (Phi) is 10.6. The van der Waals surface area contributed by atoms with Gasteiger partial charge in [0.2, 0.25) is 11.8 Å². The maximum absolute atomic E-state index is 14.2. The van der Waals surface area contributed by atoms with Gasteiger partial charge in [0.1, 0.15) is 24.1 Å². The third-order valence-electron chi connectivity index (χ3n) is 7.85. The van der Waals surface area contributed by atoms with Crippen LogP contribution in [0.1, 0.15) is 38.2 Å². The Morgan fingerprint density at radius 2 is 1.42 bits per heavy atom. The molecule has 45 heavy (non-hydrogen) atoms. The van der Waals surface area contributed by atoms with Crippen LogP contribution in [0.3, 0.4) is 0 Å². The van der Waals surface area contributed by atoms with E-state index in [1.54, 1.807) is 49.4 Å². The lowest BCUT2D eigenvalue weighted by molar-refractivity contribution is -0.139. The molecule has 1 N–H and O–H groups in total. The van der Waals surface area contributed by atoms with E-state index in [0.29, 0.717) is 17.2 Å². The van der Waals surface area contributed by atoms with Crippen LogP contribution in [0.25, 0.3) is 0 Å². The summed E-state index contributed by atoms with van der Waals surface area (Å²) in [6, 6.07) is 30.5. The monoisotopic (exact) mass is 689 g/mol. The Balaban J connectivity index is 1.45. The minimum atomic E-state index is -4.16. The molecule has 4 aromatic rings. The highest BCUT2D eigenvalue weighted by Gasteiger charge is 2.33. The number of nitrogens with one attached hydrogen (secondary N) is 1. The lowest BCUT2D eigenvalue weighted by atomic mass is 10.1. The molecule has 1 aliphatic rings. The number of hydrogen-bond acceptors (Lipinski definition) is 5. The Hall–Kier alpha value is -4.15. The van der Waals surface area contributed by atoms with Crippen LogP contribution in [-0.2, 0) is 26.2 Å². The third-order valence-corrected chi connectivity index (χ3v) is 10.2. The Morgan fingerprint density at radius 3 is 2.04 bits per heavy atom. The van der Waals surface area contributed by atoms with Gasteiger partial charge in [0.15, 0.2) is 0 Å². The highest BCUT2D eigenvalue weighted by Crippen LogP contribution is 2.29. The molecule has 5 rings (SSSR count). The first-order chi connectivity index (χ1) is 21.7. The maximum Gasteiger partial charge on any atom is 0.264 e. The van der Waals surface area contributed by atoms with Crippen LogP contribution in [0.4, 0.5) is 5.69 Å². The van der Waals surface area contributed by atoms with Crippen LogP contribution in [0.15, 0.2) is 119 Å². The number of hydrogen-bond donors (Lipinski definition) is 1. The second kappa shape index (κ2) is 14.8. The second-order valence-electron chi connectivity index (χ2n) is 11.0. The van der Waals surface area contributed by atoms with Gasteiger partial charge >= 0.3 is 0 Å². The summed E-state index contributed by atoms with van der Waals surface area (Å²) in [4.78, 5) is 29.1. The fourth-order valence-corrected chi connectivity index (χ4v) is 7.01. The standard InChI is InChI=1S/C35H36BrN3O5S/c1-26(35(41)37-29-10-8-9-11-29)38(24-27-16-18-28(36)19-17-27)34(40)25-39(45(42,43)33-14-6-3-7-15-33)30-20-22-32(23-21-30)44-31-12-4-2-5-13-31/h2-7,12-23,26,29H,8-11,24-25H2,1H3,(H,37,41)/t26-/m1/s1. The molecule has 8 nitrogen and oxygen atoms in total. The number of anilines is 1. The van der Waals surface area contributed by atoms with Crippen molar-refractivity contribution in [2.75, 3.05) is 10.8 Å². The van der Waals surface area contributed by atoms with Crippen LogP contribution in [0.2, 0.25) is 0 Å². The number of sulfonamides is 1. The van der Waals surface area contributed by atoms with E-state index in [1.807, 2.05) is 54.6 Å². The lowest BCUT2D eigenvalue weighted by Crippen LogP contribution is -2.52. The molecule has 0 heterocycles. The van der Waals surface area contributed by atoms with Crippen LogP contribution >= 0.6 is 15.9 Å². The molecule has 0 saturated heterocycles. The van der Waals surface area contributed by atoms with Crippen molar-refractivity contribution in [1.29, 1.82) is 0 Å². The molecule has 4 aromatic carbocycles. The number of carbonyl (C=O) groups excluding carboxylic acids is 2. The van der Waals surface area contributed by atoms with Crippen molar-refractivity contribution < 1.29 is 22.7 Å². The number of benzene rings is 4. The zero-order valence-electron chi connectivity index (χ0n) is 25.0. The van der Waals surface area contributed by atoms with Crippen LogP contribution in [-0.4, -0.2) is 43.8 Å². The summed E-state index contributed by atoms with van der Waals surface area (Å²) in [5.41, 5.74) is 1.10. The molecule has 1 fully saturated rings. The van der Waals surface area contributed by atoms with E-state index in [-0.39, 0.29) is 23.4 Å². The molecule has 234 valence electrons. The van der Waals surface area contributed by atoms with Crippen molar-refractivity contribution >= 4 is 43.5 Å². The summed E-state index contributed by atoms with van der Waals surface area (Å²) in [6.07, 6.45) is 3.93. The number of carbonyl (C=O) groups is 2. The van der Waals surface area contributed by atoms with E-state index >= 15 is 0 Å². The molecular weight excluding hydrogens is 654 g/mol. The van der Waals surface area contributed by atoms with Gasteiger partial charge in [-0.15, -0.1) is 0 Å². The van der Waals surface area contributed by atoms with Gasteiger partial charge in [0.05, 0.1) is 10.6 Å². The SMILES string of the molecule is C[C@H](C(=O)NC1CCCC1)N(Cc1ccc(Br)cc1)C(=O)CN(c1ccc(Oc2ccccc2)cc1)S(=O)(=O)c1ccccc1. The van der Waals surface area contributed by atoms with Gasteiger partial charge < -0.3 is 15.0 Å². The minimum Gasteiger partial charge on any atom is -0.457 e. The number of ether oxygens (including phenoxy) is 1. The number of amides is 2. The maximum atomic E-state index is 14.2. The van der Waals surface area contributed by atoms with E-state index in [2.05, 4.69) is 21.2 Å². The topological polar surface area (TPSA) is 96.0 Å². The molecule has 0 spiro atoms. The second-order valence-corrected chi connectivity index (χ2v) is 13.8. The normalized spacial score (nSPS) is 14.0. The van der Waals surface area contributed by atoms with E-state index in [9.17, 15) is 18.0 Å². The Bertz CT molecular complexity index is 1680. The zero-order chi connectivity index (χ0) is 31.8. The smallest absolute Gasteiger partial charge is 0.264 e. The van der Waals surface area contributed by atoms with Gasteiger partial charge in [0, 0.05) is 17.1 Å².